The highest BCUT2D eigenvalue weighted by Gasteiger charge is 2.40. The van der Waals surface area contributed by atoms with Crippen LogP contribution >= 0.6 is 0 Å². The number of nitrogens with zero attached hydrogens (tertiary/aromatic N) is 1. The van der Waals surface area contributed by atoms with Gasteiger partial charge in [-0.3, -0.25) is 0 Å². The molecule has 0 radical (unpaired) electrons. The molecule has 0 unspecified atom stereocenters. The maximum absolute atomic E-state index is 12.7. The Bertz CT molecular complexity index is 766. The molecule has 8 heteroatoms. The number of rotatable bonds is 6. The van der Waals surface area contributed by atoms with Crippen LogP contribution in [0.25, 0.3) is 0 Å². The molecule has 0 atom stereocenters. The van der Waals surface area contributed by atoms with Gasteiger partial charge in [-0.2, -0.15) is 4.31 Å². The van der Waals surface area contributed by atoms with Crippen molar-refractivity contribution in [3.8, 4) is 0 Å². The first-order valence-corrected chi connectivity index (χ1v) is 10.1. The van der Waals surface area contributed by atoms with Crippen LogP contribution in [0, 0.1) is 6.92 Å². The Balaban J connectivity index is 2.09. The van der Waals surface area contributed by atoms with E-state index in [1.807, 2.05) is 6.92 Å². The van der Waals surface area contributed by atoms with Gasteiger partial charge in [0.25, 0.3) is 0 Å². The largest absolute Gasteiger partial charge is 0.487 e. The highest BCUT2D eigenvalue weighted by Crippen LogP contribution is 2.28. The summed E-state index contributed by atoms with van der Waals surface area (Å²) in [5.41, 5.74) is -0.472. The summed E-state index contributed by atoms with van der Waals surface area (Å²) in [5.74, 6) is 0. The minimum absolute atomic E-state index is 0.176. The third kappa shape index (κ3) is 4.56. The minimum atomic E-state index is -3.56. The van der Waals surface area contributed by atoms with Gasteiger partial charge in [0, 0.05) is 13.1 Å². The van der Waals surface area contributed by atoms with Gasteiger partial charge in [0.05, 0.1) is 16.1 Å². The number of benzene rings is 1. The SMILES string of the molecule is Cc1ccc(S(=O)(=O)N2CC=C(B(O)OC(C)(C)C(C)(C)O)CC2)cc1. The molecule has 144 valence electrons. The summed E-state index contributed by atoms with van der Waals surface area (Å²) in [6, 6.07) is 6.75. The highest BCUT2D eigenvalue weighted by molar-refractivity contribution is 7.89. The van der Waals surface area contributed by atoms with Crippen LogP contribution in [0.5, 0.6) is 0 Å². The quantitative estimate of drug-likeness (QED) is 0.735. The van der Waals surface area contributed by atoms with Crippen LogP contribution in [0.2, 0.25) is 0 Å². The first-order chi connectivity index (χ1) is 11.8. The van der Waals surface area contributed by atoms with Gasteiger partial charge in [0.2, 0.25) is 10.0 Å². The first kappa shape index (κ1) is 21.1. The number of aryl methyl sites for hydroxylation is 1. The van der Waals surface area contributed by atoms with Crippen LogP contribution < -0.4 is 0 Å². The third-order valence-corrected chi connectivity index (χ3v) is 6.94. The number of aliphatic hydroxyl groups is 1. The van der Waals surface area contributed by atoms with Gasteiger partial charge in [0.15, 0.2) is 0 Å². The molecule has 0 fully saturated rings. The van der Waals surface area contributed by atoms with Crippen LogP contribution in [0.1, 0.15) is 39.7 Å². The molecule has 0 spiro atoms. The van der Waals surface area contributed by atoms with Crippen LogP contribution in [-0.2, 0) is 14.7 Å². The maximum atomic E-state index is 12.7. The van der Waals surface area contributed by atoms with Crippen LogP contribution in [0.15, 0.2) is 40.7 Å². The zero-order valence-corrected chi connectivity index (χ0v) is 16.9. The van der Waals surface area contributed by atoms with Gasteiger partial charge < -0.3 is 14.8 Å². The van der Waals surface area contributed by atoms with E-state index in [0.717, 1.165) is 5.56 Å². The van der Waals surface area contributed by atoms with Gasteiger partial charge in [0.1, 0.15) is 0 Å². The topological polar surface area (TPSA) is 87.1 Å². The molecular weight excluding hydrogens is 353 g/mol. The lowest BCUT2D eigenvalue weighted by atomic mass is 9.73. The Hall–Kier alpha value is -1.19. The van der Waals surface area contributed by atoms with E-state index >= 15 is 0 Å². The molecule has 0 saturated heterocycles. The zero-order chi connectivity index (χ0) is 19.8. The van der Waals surface area contributed by atoms with Crippen molar-refractivity contribution in [1.82, 2.24) is 4.31 Å². The number of hydrogen-bond acceptors (Lipinski definition) is 5. The lowest BCUT2D eigenvalue weighted by molar-refractivity contribution is -0.0990. The van der Waals surface area contributed by atoms with Crippen molar-refractivity contribution < 1.29 is 23.2 Å². The summed E-state index contributed by atoms with van der Waals surface area (Å²) in [7, 11) is -4.74. The van der Waals surface area contributed by atoms with E-state index in [-0.39, 0.29) is 18.0 Å². The Labute approximate surface area is 156 Å². The predicted octanol–water partition coefficient (Wildman–Crippen LogP) is 1.90. The van der Waals surface area contributed by atoms with E-state index < -0.39 is 28.3 Å². The molecule has 26 heavy (non-hydrogen) atoms. The van der Waals surface area contributed by atoms with Crippen LogP contribution in [-0.4, -0.2) is 54.3 Å². The van der Waals surface area contributed by atoms with E-state index in [9.17, 15) is 18.5 Å². The molecule has 1 aromatic rings. The van der Waals surface area contributed by atoms with Gasteiger partial charge >= 0.3 is 7.12 Å². The normalized spacial score (nSPS) is 17.1. The van der Waals surface area contributed by atoms with Crippen molar-refractivity contribution in [3.63, 3.8) is 0 Å². The summed E-state index contributed by atoms with van der Waals surface area (Å²) in [6.45, 7) is 8.99. The van der Waals surface area contributed by atoms with Gasteiger partial charge in [-0.1, -0.05) is 23.8 Å². The van der Waals surface area contributed by atoms with E-state index in [4.69, 9.17) is 4.65 Å². The molecule has 6 nitrogen and oxygen atoms in total. The summed E-state index contributed by atoms with van der Waals surface area (Å²) in [6.07, 6.45) is 2.05. The molecule has 2 N–H and O–H groups in total. The van der Waals surface area contributed by atoms with Gasteiger partial charge in [-0.25, -0.2) is 8.42 Å². The lowest BCUT2D eigenvalue weighted by Crippen LogP contribution is -2.51. The predicted molar refractivity (Wildman–Crippen MR) is 102 cm³/mol. The van der Waals surface area contributed by atoms with E-state index in [0.29, 0.717) is 11.9 Å². The molecule has 1 aliphatic heterocycles. The van der Waals surface area contributed by atoms with Crippen molar-refractivity contribution in [1.29, 1.82) is 0 Å². The summed E-state index contributed by atoms with van der Waals surface area (Å²) in [4.78, 5) is 0.264. The minimum Gasteiger partial charge on any atom is -0.423 e. The molecule has 1 heterocycles. The molecule has 1 aliphatic rings. The fraction of sp³-hybridized carbons (Fsp3) is 0.556. The second-order valence-corrected chi connectivity index (χ2v) is 9.68. The van der Waals surface area contributed by atoms with Gasteiger partial charge in [-0.15, -0.1) is 0 Å². The first-order valence-electron chi connectivity index (χ1n) is 8.68. The molecule has 2 rings (SSSR count). The van der Waals surface area contributed by atoms with Gasteiger partial charge in [-0.05, 0) is 58.6 Å². The third-order valence-electron chi connectivity index (χ3n) is 5.06. The summed E-state index contributed by atoms with van der Waals surface area (Å²) >= 11 is 0. The van der Waals surface area contributed by atoms with E-state index in [1.54, 1.807) is 58.0 Å². The molecule has 0 saturated carbocycles. The smallest absolute Gasteiger partial charge is 0.423 e. The lowest BCUT2D eigenvalue weighted by Gasteiger charge is -2.39. The fourth-order valence-electron chi connectivity index (χ4n) is 2.47. The number of hydrogen-bond donors (Lipinski definition) is 2. The average Bonchev–Trinajstić information content (AvgIpc) is 2.54. The Morgan fingerprint density at radius 2 is 1.73 bits per heavy atom. The molecule has 1 aromatic carbocycles. The van der Waals surface area contributed by atoms with E-state index in [2.05, 4.69) is 0 Å². The maximum Gasteiger partial charge on any atom is 0.487 e. The Morgan fingerprint density at radius 1 is 1.15 bits per heavy atom. The van der Waals surface area contributed by atoms with Crippen molar-refractivity contribution in [3.05, 3.63) is 41.4 Å². The van der Waals surface area contributed by atoms with Crippen molar-refractivity contribution in [2.75, 3.05) is 13.1 Å². The van der Waals surface area contributed by atoms with Crippen molar-refractivity contribution in [2.45, 2.75) is 57.1 Å². The van der Waals surface area contributed by atoms with Crippen molar-refractivity contribution >= 4 is 17.1 Å². The zero-order valence-electron chi connectivity index (χ0n) is 16.1. The van der Waals surface area contributed by atoms with E-state index in [1.165, 1.54) is 4.31 Å². The van der Waals surface area contributed by atoms with Crippen molar-refractivity contribution in [2.24, 2.45) is 0 Å². The Morgan fingerprint density at radius 3 is 2.19 bits per heavy atom. The molecular formula is C18H28BNO5S. The highest BCUT2D eigenvalue weighted by atomic mass is 32.2. The number of sulfonamides is 1. The molecule has 0 bridgehead atoms. The average molecular weight is 381 g/mol. The molecule has 0 amide bonds. The standard InChI is InChI=1S/C18H28BNO5S/c1-14-6-8-16(9-7-14)26(23,24)20-12-10-15(11-13-20)19(22)25-18(4,5)17(2,3)21/h6-10,21-22H,11-13H2,1-5H3. The second kappa shape index (κ2) is 7.44. The summed E-state index contributed by atoms with van der Waals surface area (Å²) in [5, 5.41) is 20.5. The summed E-state index contributed by atoms with van der Waals surface area (Å²) < 4.78 is 32.4. The Kier molecular flexibility index (Phi) is 6.04. The van der Waals surface area contributed by atoms with Crippen LogP contribution in [0.3, 0.4) is 0 Å². The fourth-order valence-corrected chi connectivity index (χ4v) is 3.85. The second-order valence-electron chi connectivity index (χ2n) is 7.74. The molecule has 0 aliphatic carbocycles. The molecule has 0 aromatic heterocycles. The van der Waals surface area contributed by atoms with Crippen LogP contribution in [0.4, 0.5) is 0 Å². The monoisotopic (exact) mass is 381 g/mol.